The molecule has 1 aliphatic rings. The number of nitrogens with zero attached hydrogens (tertiary/aromatic N) is 2. The molecular formula is C25H29Cl2F2N3O4S. The highest BCUT2D eigenvalue weighted by Crippen LogP contribution is 2.25. The van der Waals surface area contributed by atoms with Crippen LogP contribution in [0.15, 0.2) is 36.4 Å². The molecule has 7 nitrogen and oxygen atoms in total. The molecule has 0 saturated heterocycles. The molecule has 0 heterocycles. The van der Waals surface area contributed by atoms with E-state index in [1.165, 1.54) is 4.90 Å². The lowest BCUT2D eigenvalue weighted by Gasteiger charge is -2.33. The molecule has 1 atom stereocenters. The number of hydrogen-bond donors (Lipinski definition) is 1. The van der Waals surface area contributed by atoms with E-state index in [9.17, 15) is 26.8 Å². The van der Waals surface area contributed by atoms with Crippen LogP contribution >= 0.6 is 23.2 Å². The van der Waals surface area contributed by atoms with Crippen LogP contribution in [0.25, 0.3) is 0 Å². The van der Waals surface area contributed by atoms with E-state index in [0.717, 1.165) is 50.5 Å². The van der Waals surface area contributed by atoms with Gasteiger partial charge in [-0.15, -0.1) is 0 Å². The number of amides is 2. The number of nitrogens with one attached hydrogen (secondary N) is 1. The van der Waals surface area contributed by atoms with E-state index in [4.69, 9.17) is 23.2 Å². The van der Waals surface area contributed by atoms with Gasteiger partial charge in [0.2, 0.25) is 21.8 Å². The number of benzene rings is 2. The van der Waals surface area contributed by atoms with Crippen molar-refractivity contribution in [1.29, 1.82) is 0 Å². The average molecular weight is 576 g/mol. The minimum absolute atomic E-state index is 0.000312. The molecule has 0 spiro atoms. The molecule has 202 valence electrons. The van der Waals surface area contributed by atoms with Crippen LogP contribution in [0.1, 0.15) is 44.6 Å². The molecule has 2 aromatic rings. The Morgan fingerprint density at radius 3 is 2.30 bits per heavy atom. The van der Waals surface area contributed by atoms with Gasteiger partial charge in [-0.25, -0.2) is 17.2 Å². The van der Waals surface area contributed by atoms with Gasteiger partial charge in [-0.2, -0.15) is 0 Å². The topological polar surface area (TPSA) is 86.8 Å². The summed E-state index contributed by atoms with van der Waals surface area (Å²) < 4.78 is 53.0. The van der Waals surface area contributed by atoms with E-state index in [1.54, 1.807) is 25.1 Å². The summed E-state index contributed by atoms with van der Waals surface area (Å²) >= 11 is 12.1. The van der Waals surface area contributed by atoms with E-state index < -0.39 is 40.2 Å². The van der Waals surface area contributed by atoms with Crippen molar-refractivity contribution in [3.63, 3.8) is 0 Å². The summed E-state index contributed by atoms with van der Waals surface area (Å²) in [6.45, 7) is 0.757. The van der Waals surface area contributed by atoms with Crippen molar-refractivity contribution in [2.75, 3.05) is 17.1 Å². The van der Waals surface area contributed by atoms with Crippen LogP contribution in [-0.4, -0.2) is 50.0 Å². The molecule has 1 aliphatic carbocycles. The Morgan fingerprint density at radius 1 is 1.03 bits per heavy atom. The molecule has 0 unspecified atom stereocenters. The normalized spacial score (nSPS) is 15.2. The third-order valence-electron chi connectivity index (χ3n) is 6.33. The highest BCUT2D eigenvalue weighted by atomic mass is 35.5. The molecule has 1 N–H and O–H groups in total. The lowest BCUT2D eigenvalue weighted by Crippen LogP contribution is -2.53. The van der Waals surface area contributed by atoms with Crippen molar-refractivity contribution in [3.8, 4) is 0 Å². The number of carbonyl (C=O) groups excluding carboxylic acids is 2. The molecule has 12 heteroatoms. The second kappa shape index (κ2) is 12.4. The summed E-state index contributed by atoms with van der Waals surface area (Å²) in [5.74, 6) is -3.50. The first-order valence-corrected chi connectivity index (χ1v) is 14.4. The van der Waals surface area contributed by atoms with Crippen molar-refractivity contribution in [1.82, 2.24) is 10.2 Å². The number of hydrogen-bond acceptors (Lipinski definition) is 4. The van der Waals surface area contributed by atoms with E-state index in [-0.39, 0.29) is 29.2 Å². The van der Waals surface area contributed by atoms with E-state index in [0.29, 0.717) is 21.0 Å². The summed E-state index contributed by atoms with van der Waals surface area (Å²) in [7, 11) is -4.07. The third-order valence-corrected chi connectivity index (χ3v) is 8.21. The zero-order chi connectivity index (χ0) is 27.3. The molecule has 0 aliphatic heterocycles. The first-order chi connectivity index (χ1) is 17.4. The SMILES string of the molecule is C[C@H](C(=O)NC1CCCCC1)N(Cc1ccc(Cl)c(Cl)c1)C(=O)CN(c1ccc(F)c(F)c1)S(C)(=O)=O. The van der Waals surface area contributed by atoms with Gasteiger partial charge in [0.1, 0.15) is 12.6 Å². The van der Waals surface area contributed by atoms with Gasteiger partial charge in [0, 0.05) is 18.7 Å². The molecule has 1 fully saturated rings. The van der Waals surface area contributed by atoms with E-state index in [1.807, 2.05) is 0 Å². The molecule has 37 heavy (non-hydrogen) atoms. The smallest absolute Gasteiger partial charge is 0.244 e. The Balaban J connectivity index is 1.90. The standard InChI is InChI=1S/C25H29Cl2F2N3O4S/c1-16(25(34)30-18-6-4-3-5-7-18)31(14-17-8-10-20(26)21(27)12-17)24(33)15-32(37(2,35)36)19-9-11-22(28)23(29)13-19/h8-13,16,18H,3-7,14-15H2,1-2H3,(H,30,34)/t16-/m1/s1. The monoisotopic (exact) mass is 575 g/mol. The zero-order valence-electron chi connectivity index (χ0n) is 20.5. The molecule has 3 rings (SSSR count). The summed E-state index contributed by atoms with van der Waals surface area (Å²) in [5, 5.41) is 3.55. The molecule has 2 amide bonds. The summed E-state index contributed by atoms with van der Waals surface area (Å²) in [5.41, 5.74) is 0.349. The zero-order valence-corrected chi connectivity index (χ0v) is 22.8. The minimum atomic E-state index is -4.07. The van der Waals surface area contributed by atoms with Gasteiger partial charge >= 0.3 is 0 Å². The Hall–Kier alpha value is -2.43. The Bertz CT molecular complexity index is 1260. The maximum atomic E-state index is 13.9. The number of carbonyl (C=O) groups is 2. The van der Waals surface area contributed by atoms with Gasteiger partial charge in [-0.1, -0.05) is 48.5 Å². The molecule has 0 radical (unpaired) electrons. The predicted octanol–water partition coefficient (Wildman–Crippen LogP) is 4.90. The van der Waals surface area contributed by atoms with Crippen molar-refractivity contribution < 1.29 is 26.8 Å². The van der Waals surface area contributed by atoms with Crippen molar-refractivity contribution >= 4 is 50.7 Å². The number of sulfonamides is 1. The highest BCUT2D eigenvalue weighted by Gasteiger charge is 2.31. The maximum Gasteiger partial charge on any atom is 0.244 e. The van der Waals surface area contributed by atoms with Crippen LogP contribution in [-0.2, 0) is 26.2 Å². The van der Waals surface area contributed by atoms with Crippen molar-refractivity contribution in [2.24, 2.45) is 0 Å². The fraction of sp³-hybridized carbons (Fsp3) is 0.440. The predicted molar refractivity (Wildman–Crippen MR) is 140 cm³/mol. The lowest BCUT2D eigenvalue weighted by atomic mass is 9.95. The van der Waals surface area contributed by atoms with Crippen LogP contribution in [0.5, 0.6) is 0 Å². The van der Waals surface area contributed by atoms with Crippen LogP contribution in [0.2, 0.25) is 10.0 Å². The number of rotatable bonds is 9. The Kier molecular flexibility index (Phi) is 9.77. The Morgan fingerprint density at radius 2 is 1.70 bits per heavy atom. The second-order valence-electron chi connectivity index (χ2n) is 9.16. The fourth-order valence-electron chi connectivity index (χ4n) is 4.24. The summed E-state index contributed by atoms with van der Waals surface area (Å²) in [6, 6.07) is 6.33. The molecule has 1 saturated carbocycles. The first-order valence-electron chi connectivity index (χ1n) is 11.8. The van der Waals surface area contributed by atoms with Gasteiger partial charge in [-0.3, -0.25) is 13.9 Å². The lowest BCUT2D eigenvalue weighted by molar-refractivity contribution is -0.139. The highest BCUT2D eigenvalue weighted by molar-refractivity contribution is 7.92. The van der Waals surface area contributed by atoms with Crippen LogP contribution < -0.4 is 9.62 Å². The summed E-state index contributed by atoms with van der Waals surface area (Å²) in [4.78, 5) is 27.9. The van der Waals surface area contributed by atoms with Gasteiger partial charge in [-0.05, 0) is 49.6 Å². The second-order valence-corrected chi connectivity index (χ2v) is 11.9. The minimum Gasteiger partial charge on any atom is -0.352 e. The van der Waals surface area contributed by atoms with Crippen molar-refractivity contribution in [2.45, 2.75) is 57.7 Å². The molecule has 2 aromatic carbocycles. The van der Waals surface area contributed by atoms with Gasteiger partial charge in [0.25, 0.3) is 0 Å². The Labute approximate surface area is 225 Å². The first kappa shape index (κ1) is 29.1. The number of halogens is 4. The van der Waals surface area contributed by atoms with Gasteiger partial charge in [0.05, 0.1) is 22.0 Å². The maximum absolute atomic E-state index is 13.9. The largest absolute Gasteiger partial charge is 0.352 e. The average Bonchev–Trinajstić information content (AvgIpc) is 2.84. The van der Waals surface area contributed by atoms with E-state index >= 15 is 0 Å². The summed E-state index contributed by atoms with van der Waals surface area (Å²) in [6.07, 6.45) is 5.65. The number of anilines is 1. The molecule has 0 aromatic heterocycles. The van der Waals surface area contributed by atoms with E-state index in [2.05, 4.69) is 5.32 Å². The van der Waals surface area contributed by atoms with Gasteiger partial charge < -0.3 is 10.2 Å². The van der Waals surface area contributed by atoms with Gasteiger partial charge in [0.15, 0.2) is 11.6 Å². The quantitative estimate of drug-likeness (QED) is 0.460. The van der Waals surface area contributed by atoms with Crippen LogP contribution in [0, 0.1) is 11.6 Å². The van der Waals surface area contributed by atoms with Crippen molar-refractivity contribution in [3.05, 3.63) is 63.6 Å². The van der Waals surface area contributed by atoms with Crippen LogP contribution in [0.4, 0.5) is 14.5 Å². The van der Waals surface area contributed by atoms with Crippen LogP contribution in [0.3, 0.4) is 0 Å². The molecular weight excluding hydrogens is 547 g/mol. The third kappa shape index (κ3) is 7.78. The fourth-order valence-corrected chi connectivity index (χ4v) is 5.40. The molecule has 0 bridgehead atoms.